The zero-order valence-corrected chi connectivity index (χ0v) is 14.4. The summed E-state index contributed by atoms with van der Waals surface area (Å²) in [5.41, 5.74) is 6.23. The van der Waals surface area contributed by atoms with E-state index in [1.54, 1.807) is 18.2 Å². The predicted molar refractivity (Wildman–Crippen MR) is 94.1 cm³/mol. The number of rotatable bonds is 5. The average Bonchev–Trinajstić information content (AvgIpc) is 3.26. The van der Waals surface area contributed by atoms with Crippen molar-refractivity contribution in [2.24, 2.45) is 11.7 Å². The summed E-state index contributed by atoms with van der Waals surface area (Å²) in [5.74, 6) is 1.07. The summed E-state index contributed by atoms with van der Waals surface area (Å²) < 4.78 is 5.67. The van der Waals surface area contributed by atoms with Gasteiger partial charge >= 0.3 is 0 Å². The van der Waals surface area contributed by atoms with Gasteiger partial charge in [0.2, 0.25) is 0 Å². The Morgan fingerprint density at radius 1 is 1.35 bits per heavy atom. The Kier molecular flexibility index (Phi) is 5.40. The maximum Gasteiger partial charge on any atom is 0.287 e. The number of furan rings is 1. The molecule has 0 aliphatic heterocycles. The second-order valence-corrected chi connectivity index (χ2v) is 6.40. The lowest BCUT2D eigenvalue weighted by molar-refractivity contribution is 0.0870. The van der Waals surface area contributed by atoms with Crippen LogP contribution in [0.5, 0.6) is 0 Å². The number of nitrogens with two attached hydrogens (primary N) is 1. The summed E-state index contributed by atoms with van der Waals surface area (Å²) in [5, 5.41) is 3.60. The lowest BCUT2D eigenvalue weighted by atomic mass is 9.96. The third-order valence-corrected chi connectivity index (χ3v) is 4.60. The fraction of sp³-hybridized carbons (Fsp3) is 0.353. The van der Waals surface area contributed by atoms with E-state index in [1.165, 1.54) is 0 Å². The summed E-state index contributed by atoms with van der Waals surface area (Å²) in [6.45, 7) is 2.40. The number of hydrogen-bond acceptors (Lipinski definition) is 3. The van der Waals surface area contributed by atoms with Gasteiger partial charge < -0.3 is 15.5 Å². The van der Waals surface area contributed by atoms with Crippen molar-refractivity contribution in [2.45, 2.75) is 25.3 Å². The minimum Gasteiger partial charge on any atom is -0.451 e. The molecule has 1 aromatic heterocycles. The molecule has 2 aromatic rings. The molecule has 1 fully saturated rings. The fourth-order valence-corrected chi connectivity index (χ4v) is 2.86. The third kappa shape index (κ3) is 3.71. The van der Waals surface area contributed by atoms with Gasteiger partial charge in [0.25, 0.3) is 5.91 Å². The van der Waals surface area contributed by atoms with E-state index >= 15 is 0 Å². The van der Waals surface area contributed by atoms with E-state index in [9.17, 15) is 4.79 Å². The normalized spacial score (nSPS) is 16.3. The molecule has 1 atom stereocenters. The quantitative estimate of drug-likeness (QED) is 0.855. The molecule has 1 saturated carbocycles. The minimum atomic E-state index is -0.367. The lowest BCUT2D eigenvalue weighted by Gasteiger charge is -2.28. The molecule has 6 heteroatoms. The largest absolute Gasteiger partial charge is 0.451 e. The van der Waals surface area contributed by atoms with Gasteiger partial charge in [-0.25, -0.2) is 0 Å². The summed E-state index contributed by atoms with van der Waals surface area (Å²) in [6.07, 6.45) is 2.22. The van der Waals surface area contributed by atoms with Gasteiger partial charge in [0, 0.05) is 12.1 Å². The van der Waals surface area contributed by atoms with Gasteiger partial charge in [-0.05, 0) is 49.9 Å². The number of hydrogen-bond donors (Lipinski definition) is 2. The van der Waals surface area contributed by atoms with Crippen LogP contribution in [-0.4, -0.2) is 18.0 Å². The molecular formula is C17H20Cl2N2O2. The van der Waals surface area contributed by atoms with Crippen LogP contribution in [0.4, 0.5) is 0 Å². The summed E-state index contributed by atoms with van der Waals surface area (Å²) in [6, 6.07) is 10.8. The standard InChI is InChI=1S/C17H19ClN2O2.ClH/c1-17(10-19,11-6-7-11)20-16(21)15-9-8-14(22-15)12-4-2-3-5-13(12)18;/h2-5,8-9,11H,6-7,10,19H2,1H3,(H,20,21);1H. The van der Waals surface area contributed by atoms with Crippen molar-refractivity contribution in [3.63, 3.8) is 0 Å². The average molecular weight is 355 g/mol. The van der Waals surface area contributed by atoms with Crippen LogP contribution in [0, 0.1) is 5.92 Å². The lowest BCUT2D eigenvalue weighted by Crippen LogP contribution is -2.53. The van der Waals surface area contributed by atoms with E-state index in [2.05, 4.69) is 5.32 Å². The Balaban J connectivity index is 0.00000192. The van der Waals surface area contributed by atoms with Gasteiger partial charge in [-0.1, -0.05) is 23.7 Å². The SMILES string of the molecule is CC(CN)(NC(=O)c1ccc(-c2ccccc2Cl)o1)C1CC1.Cl. The highest BCUT2D eigenvalue weighted by Crippen LogP contribution is 2.39. The van der Waals surface area contributed by atoms with E-state index in [-0.39, 0.29) is 29.6 Å². The first-order valence-electron chi connectivity index (χ1n) is 7.41. The Bertz CT molecular complexity index is 697. The van der Waals surface area contributed by atoms with Gasteiger partial charge in [-0.15, -0.1) is 12.4 Å². The van der Waals surface area contributed by atoms with Crippen LogP contribution in [0.25, 0.3) is 11.3 Å². The Labute approximate surface area is 146 Å². The van der Waals surface area contributed by atoms with Crippen LogP contribution in [0.2, 0.25) is 5.02 Å². The molecule has 1 aromatic carbocycles. The Hall–Kier alpha value is -1.49. The highest BCUT2D eigenvalue weighted by atomic mass is 35.5. The molecule has 0 radical (unpaired) electrons. The highest BCUT2D eigenvalue weighted by Gasteiger charge is 2.42. The number of benzene rings is 1. The summed E-state index contributed by atoms with van der Waals surface area (Å²) >= 11 is 6.15. The summed E-state index contributed by atoms with van der Waals surface area (Å²) in [4.78, 5) is 12.4. The molecule has 0 spiro atoms. The molecule has 1 heterocycles. The van der Waals surface area contributed by atoms with Gasteiger partial charge in [0.1, 0.15) is 5.76 Å². The second kappa shape index (κ2) is 6.95. The molecule has 1 unspecified atom stereocenters. The second-order valence-electron chi connectivity index (χ2n) is 5.99. The molecule has 3 rings (SSSR count). The summed E-state index contributed by atoms with van der Waals surface area (Å²) in [7, 11) is 0. The van der Waals surface area contributed by atoms with E-state index in [0.717, 1.165) is 18.4 Å². The molecule has 4 nitrogen and oxygen atoms in total. The molecule has 23 heavy (non-hydrogen) atoms. The first-order chi connectivity index (χ1) is 10.5. The van der Waals surface area contributed by atoms with Gasteiger partial charge in [0.05, 0.1) is 10.6 Å². The Morgan fingerprint density at radius 2 is 2.04 bits per heavy atom. The first kappa shape index (κ1) is 17.9. The number of nitrogens with one attached hydrogen (secondary N) is 1. The van der Waals surface area contributed by atoms with E-state index in [4.69, 9.17) is 21.8 Å². The van der Waals surface area contributed by atoms with Crippen molar-refractivity contribution in [3.05, 3.63) is 47.2 Å². The number of carbonyl (C=O) groups excluding carboxylic acids is 1. The molecule has 0 bridgehead atoms. The molecular weight excluding hydrogens is 335 g/mol. The van der Waals surface area contributed by atoms with Crippen LogP contribution in [0.3, 0.4) is 0 Å². The van der Waals surface area contributed by atoms with Crippen molar-refractivity contribution >= 4 is 29.9 Å². The zero-order valence-electron chi connectivity index (χ0n) is 12.8. The van der Waals surface area contributed by atoms with Crippen molar-refractivity contribution in [1.82, 2.24) is 5.32 Å². The van der Waals surface area contributed by atoms with Crippen molar-refractivity contribution in [3.8, 4) is 11.3 Å². The van der Waals surface area contributed by atoms with E-state index < -0.39 is 0 Å². The zero-order chi connectivity index (χ0) is 15.7. The van der Waals surface area contributed by atoms with Gasteiger partial charge in [-0.3, -0.25) is 4.79 Å². The Morgan fingerprint density at radius 3 is 2.65 bits per heavy atom. The van der Waals surface area contributed by atoms with Gasteiger partial charge in [0.15, 0.2) is 5.76 Å². The van der Waals surface area contributed by atoms with Gasteiger partial charge in [-0.2, -0.15) is 0 Å². The molecule has 124 valence electrons. The van der Waals surface area contributed by atoms with Crippen LogP contribution in [0.15, 0.2) is 40.8 Å². The predicted octanol–water partition coefficient (Wildman–Crippen LogP) is 3.88. The maximum atomic E-state index is 12.4. The van der Waals surface area contributed by atoms with Crippen LogP contribution in [0.1, 0.15) is 30.3 Å². The smallest absolute Gasteiger partial charge is 0.287 e. The minimum absolute atomic E-state index is 0. The maximum absolute atomic E-state index is 12.4. The molecule has 0 saturated heterocycles. The molecule has 1 aliphatic carbocycles. The molecule has 1 amide bonds. The first-order valence-corrected chi connectivity index (χ1v) is 7.78. The van der Waals surface area contributed by atoms with Crippen LogP contribution >= 0.6 is 24.0 Å². The fourth-order valence-electron chi connectivity index (χ4n) is 2.63. The van der Waals surface area contributed by atoms with Crippen LogP contribution in [-0.2, 0) is 0 Å². The third-order valence-electron chi connectivity index (χ3n) is 4.27. The van der Waals surface area contributed by atoms with Crippen molar-refractivity contribution in [1.29, 1.82) is 0 Å². The van der Waals surface area contributed by atoms with Crippen LogP contribution < -0.4 is 11.1 Å². The topological polar surface area (TPSA) is 68.3 Å². The molecule has 3 N–H and O–H groups in total. The van der Waals surface area contributed by atoms with E-state index in [0.29, 0.717) is 23.2 Å². The monoisotopic (exact) mass is 354 g/mol. The number of amides is 1. The van der Waals surface area contributed by atoms with E-state index in [1.807, 2.05) is 25.1 Å². The highest BCUT2D eigenvalue weighted by molar-refractivity contribution is 6.33. The molecule has 1 aliphatic rings. The van der Waals surface area contributed by atoms with Crippen molar-refractivity contribution < 1.29 is 9.21 Å². The number of carbonyl (C=O) groups is 1. The van der Waals surface area contributed by atoms with Crippen molar-refractivity contribution in [2.75, 3.05) is 6.54 Å². The number of halogens is 2.